The Bertz CT molecular complexity index is 733. The lowest BCUT2D eigenvalue weighted by Crippen LogP contribution is -2.12. The molecule has 2 aromatic heterocycles. The topological polar surface area (TPSA) is 56.0 Å². The summed E-state index contributed by atoms with van der Waals surface area (Å²) in [5.74, 6) is -0.503. The maximum atomic E-state index is 11.1. The van der Waals surface area contributed by atoms with Gasteiger partial charge in [-0.2, -0.15) is 0 Å². The molecule has 88 valence electrons. The summed E-state index contributed by atoms with van der Waals surface area (Å²) < 4.78 is 1.21. The fraction of sp³-hybridized carbons (Fsp3) is 0. The van der Waals surface area contributed by atoms with E-state index in [4.69, 9.17) is 5.73 Å². The van der Waals surface area contributed by atoms with E-state index in [0.29, 0.717) is 5.69 Å². The van der Waals surface area contributed by atoms with Crippen molar-refractivity contribution >= 4 is 27.3 Å². The van der Waals surface area contributed by atoms with E-state index >= 15 is 0 Å². The predicted molar refractivity (Wildman–Crippen MR) is 73.6 cm³/mol. The summed E-state index contributed by atoms with van der Waals surface area (Å²) in [6, 6.07) is 13.4. The number of carbonyl (C=O) groups excluding carboxylic acids is 1. The van der Waals surface area contributed by atoms with Crippen LogP contribution in [0.3, 0.4) is 0 Å². The van der Waals surface area contributed by atoms with Gasteiger partial charge in [0.15, 0.2) is 0 Å². The molecule has 0 radical (unpaired) electrons. The molecule has 4 heteroatoms. The van der Waals surface area contributed by atoms with Crippen LogP contribution in [-0.4, -0.2) is 10.9 Å². The maximum Gasteiger partial charge on any atom is 0.267 e. The van der Waals surface area contributed by atoms with Crippen molar-refractivity contribution in [2.45, 2.75) is 0 Å². The van der Waals surface area contributed by atoms with E-state index in [1.165, 1.54) is 4.70 Å². The van der Waals surface area contributed by atoms with Gasteiger partial charge in [-0.1, -0.05) is 24.3 Å². The van der Waals surface area contributed by atoms with Crippen molar-refractivity contribution in [3.63, 3.8) is 0 Å². The largest absolute Gasteiger partial charge is 0.364 e. The Morgan fingerprint density at radius 2 is 1.94 bits per heavy atom. The zero-order valence-electron chi connectivity index (χ0n) is 9.46. The first-order valence-corrected chi connectivity index (χ1v) is 6.37. The molecule has 0 saturated heterocycles. The third-order valence-electron chi connectivity index (χ3n) is 2.76. The number of nitrogens with zero attached hydrogens (tertiary/aromatic N) is 1. The Morgan fingerprint density at radius 3 is 2.78 bits per heavy atom. The van der Waals surface area contributed by atoms with Crippen LogP contribution in [0.4, 0.5) is 0 Å². The molecule has 2 heterocycles. The molecule has 0 aliphatic heterocycles. The van der Waals surface area contributed by atoms with Crippen molar-refractivity contribution < 1.29 is 4.79 Å². The molecule has 1 aromatic carbocycles. The molecule has 1 amide bonds. The Labute approximate surface area is 108 Å². The van der Waals surface area contributed by atoms with E-state index in [1.807, 2.05) is 18.2 Å². The second kappa shape index (κ2) is 4.23. The van der Waals surface area contributed by atoms with Gasteiger partial charge in [0.05, 0.1) is 5.69 Å². The molecule has 3 rings (SSSR count). The van der Waals surface area contributed by atoms with Gasteiger partial charge in [-0.05, 0) is 18.2 Å². The van der Waals surface area contributed by atoms with Gasteiger partial charge in [0, 0.05) is 21.0 Å². The number of aromatic nitrogens is 1. The van der Waals surface area contributed by atoms with Crippen molar-refractivity contribution in [2.75, 3.05) is 0 Å². The molecule has 0 atom stereocenters. The normalized spacial score (nSPS) is 10.7. The SMILES string of the molecule is NC(=O)c1cccc(-c2csc3ccccc23)n1. The van der Waals surface area contributed by atoms with E-state index < -0.39 is 5.91 Å². The second-order valence-electron chi connectivity index (χ2n) is 3.92. The number of fused-ring (bicyclic) bond motifs is 1. The van der Waals surface area contributed by atoms with Crippen LogP contribution in [0.5, 0.6) is 0 Å². The van der Waals surface area contributed by atoms with Gasteiger partial charge in [0.25, 0.3) is 5.91 Å². The highest BCUT2D eigenvalue weighted by molar-refractivity contribution is 7.17. The van der Waals surface area contributed by atoms with Crippen LogP contribution in [0.2, 0.25) is 0 Å². The number of benzene rings is 1. The summed E-state index contributed by atoms with van der Waals surface area (Å²) >= 11 is 1.67. The number of hydrogen-bond donors (Lipinski definition) is 1. The number of hydrogen-bond acceptors (Lipinski definition) is 3. The first-order valence-electron chi connectivity index (χ1n) is 5.49. The summed E-state index contributed by atoms with van der Waals surface area (Å²) in [6.45, 7) is 0. The van der Waals surface area contributed by atoms with E-state index in [1.54, 1.807) is 23.5 Å². The molecule has 0 aliphatic carbocycles. The first kappa shape index (κ1) is 10.9. The molecule has 3 nitrogen and oxygen atoms in total. The average molecular weight is 254 g/mol. The zero-order chi connectivity index (χ0) is 12.5. The number of rotatable bonds is 2. The van der Waals surface area contributed by atoms with Crippen molar-refractivity contribution in [1.29, 1.82) is 0 Å². The highest BCUT2D eigenvalue weighted by Crippen LogP contribution is 2.32. The molecule has 0 fully saturated rings. The average Bonchev–Trinajstić information content (AvgIpc) is 2.82. The molecule has 0 spiro atoms. The summed E-state index contributed by atoms with van der Waals surface area (Å²) in [7, 11) is 0. The summed E-state index contributed by atoms with van der Waals surface area (Å²) in [5.41, 5.74) is 7.37. The number of amides is 1. The smallest absolute Gasteiger partial charge is 0.267 e. The zero-order valence-corrected chi connectivity index (χ0v) is 10.3. The van der Waals surface area contributed by atoms with Crippen molar-refractivity contribution in [3.05, 3.63) is 53.5 Å². The fourth-order valence-corrected chi connectivity index (χ4v) is 2.85. The molecule has 2 N–H and O–H groups in total. The second-order valence-corrected chi connectivity index (χ2v) is 4.83. The number of thiophene rings is 1. The standard InChI is InChI=1S/C14H10N2OS/c15-14(17)12-6-3-5-11(16-12)10-8-18-13-7-2-1-4-9(10)13/h1-8H,(H2,15,17). The Kier molecular flexibility index (Phi) is 2.57. The van der Waals surface area contributed by atoms with E-state index in [2.05, 4.69) is 22.5 Å². The lowest BCUT2D eigenvalue weighted by molar-refractivity contribution is 0.0995. The van der Waals surface area contributed by atoms with Gasteiger partial charge in [0.2, 0.25) is 0 Å². The number of pyridine rings is 1. The summed E-state index contributed by atoms with van der Waals surface area (Å²) in [5, 5.41) is 3.20. The molecule has 0 bridgehead atoms. The predicted octanol–water partition coefficient (Wildman–Crippen LogP) is 3.06. The minimum absolute atomic E-state index is 0.294. The monoisotopic (exact) mass is 254 g/mol. The van der Waals surface area contributed by atoms with Crippen LogP contribution in [0.1, 0.15) is 10.5 Å². The van der Waals surface area contributed by atoms with E-state index in [0.717, 1.165) is 16.6 Å². The van der Waals surface area contributed by atoms with Gasteiger partial charge in [-0.3, -0.25) is 4.79 Å². The van der Waals surface area contributed by atoms with Gasteiger partial charge in [0.1, 0.15) is 5.69 Å². The molecule has 0 unspecified atom stereocenters. The van der Waals surface area contributed by atoms with Crippen LogP contribution in [0.15, 0.2) is 47.8 Å². The van der Waals surface area contributed by atoms with Crippen LogP contribution in [-0.2, 0) is 0 Å². The van der Waals surface area contributed by atoms with Gasteiger partial charge >= 0.3 is 0 Å². The maximum absolute atomic E-state index is 11.1. The van der Waals surface area contributed by atoms with Crippen molar-refractivity contribution in [2.24, 2.45) is 5.73 Å². The molecular weight excluding hydrogens is 244 g/mol. The Balaban J connectivity index is 2.20. The van der Waals surface area contributed by atoms with Crippen LogP contribution in [0, 0.1) is 0 Å². The van der Waals surface area contributed by atoms with Crippen LogP contribution >= 0.6 is 11.3 Å². The van der Waals surface area contributed by atoms with E-state index in [9.17, 15) is 4.79 Å². The lowest BCUT2D eigenvalue weighted by atomic mass is 10.1. The van der Waals surface area contributed by atoms with Crippen LogP contribution < -0.4 is 5.73 Å². The number of carbonyl (C=O) groups is 1. The number of nitrogens with two attached hydrogens (primary N) is 1. The van der Waals surface area contributed by atoms with E-state index in [-0.39, 0.29) is 0 Å². The number of primary amides is 1. The molecule has 3 aromatic rings. The lowest BCUT2D eigenvalue weighted by Gasteiger charge is -2.01. The molecular formula is C14H10N2OS. The highest BCUT2D eigenvalue weighted by Gasteiger charge is 2.09. The molecule has 18 heavy (non-hydrogen) atoms. The summed E-state index contributed by atoms with van der Waals surface area (Å²) in [6.07, 6.45) is 0. The van der Waals surface area contributed by atoms with Crippen molar-refractivity contribution in [3.8, 4) is 11.3 Å². The Hall–Kier alpha value is -2.20. The third kappa shape index (κ3) is 1.76. The third-order valence-corrected chi connectivity index (χ3v) is 3.72. The van der Waals surface area contributed by atoms with Crippen molar-refractivity contribution in [1.82, 2.24) is 4.98 Å². The van der Waals surface area contributed by atoms with Gasteiger partial charge in [-0.25, -0.2) is 4.98 Å². The molecule has 0 saturated carbocycles. The quantitative estimate of drug-likeness (QED) is 0.764. The Morgan fingerprint density at radius 1 is 1.11 bits per heavy atom. The van der Waals surface area contributed by atoms with Gasteiger partial charge in [-0.15, -0.1) is 11.3 Å². The summed E-state index contributed by atoms with van der Waals surface area (Å²) in [4.78, 5) is 15.4. The van der Waals surface area contributed by atoms with Gasteiger partial charge < -0.3 is 5.73 Å². The minimum Gasteiger partial charge on any atom is -0.364 e. The van der Waals surface area contributed by atoms with Crippen LogP contribution in [0.25, 0.3) is 21.3 Å². The minimum atomic E-state index is -0.503. The molecule has 0 aliphatic rings. The first-order chi connectivity index (χ1) is 8.75. The highest BCUT2D eigenvalue weighted by atomic mass is 32.1. The fourth-order valence-electron chi connectivity index (χ4n) is 1.90.